The van der Waals surface area contributed by atoms with Crippen molar-refractivity contribution in [2.45, 2.75) is 130 Å². The van der Waals surface area contributed by atoms with Gasteiger partial charge in [0.2, 0.25) is 0 Å². The lowest BCUT2D eigenvalue weighted by Crippen LogP contribution is -2.22. The lowest BCUT2D eigenvalue weighted by molar-refractivity contribution is 0.0815. The lowest BCUT2D eigenvalue weighted by Gasteiger charge is -2.16. The van der Waals surface area contributed by atoms with E-state index in [1.54, 1.807) is 0 Å². The highest BCUT2D eigenvalue weighted by Crippen LogP contribution is 2.34. The molecule has 4 heterocycles. The summed E-state index contributed by atoms with van der Waals surface area (Å²) < 4.78 is 33.8. The fourth-order valence-corrected chi connectivity index (χ4v) is 11.3. The van der Waals surface area contributed by atoms with Gasteiger partial charge in [-0.2, -0.15) is 10.2 Å². The number of benzene rings is 4. The molecule has 4 aromatic carbocycles. The molecule has 0 saturated heterocycles. The maximum Gasteiger partial charge on any atom is 0.164 e. The second-order valence-corrected chi connectivity index (χ2v) is 47.0. The summed E-state index contributed by atoms with van der Waals surface area (Å²) in [5.74, 6) is 1.64. The second-order valence-electron chi connectivity index (χ2n) is 23.2. The molecule has 0 spiro atoms. The first-order valence-corrected chi connectivity index (χ1v) is 40.6. The van der Waals surface area contributed by atoms with Crippen molar-refractivity contribution < 1.29 is 18.9 Å². The van der Waals surface area contributed by atoms with Crippen LogP contribution in [0.2, 0.25) is 103 Å². The van der Waals surface area contributed by atoms with Crippen molar-refractivity contribution >= 4 is 104 Å². The standard InChI is InChI=1S/C26H37IN4O2Si2.C26H39N5O2Si2/c2*1-34(2,3)15-13-32-18-30-23-10-8-7-9-22(23)28-26(30)25-21-12-11-20(27)17-24(21)31(29-25)19-33-14-16-35(4,5)6/h7-12,17H,13-16,18-19H2,1-6H3;7-12,17H,13-16,18-19,27H2,1-6H3. The van der Waals surface area contributed by atoms with E-state index in [4.69, 9.17) is 44.8 Å². The van der Waals surface area contributed by atoms with Crippen molar-refractivity contribution in [2.24, 2.45) is 0 Å². The summed E-state index contributed by atoms with van der Waals surface area (Å²) in [6.07, 6.45) is 0. The van der Waals surface area contributed by atoms with E-state index < -0.39 is 32.3 Å². The van der Waals surface area contributed by atoms with E-state index in [1.165, 1.54) is 3.57 Å². The Morgan fingerprint density at radius 3 is 1.24 bits per heavy atom. The first kappa shape index (κ1) is 53.8. The van der Waals surface area contributed by atoms with Crippen molar-refractivity contribution in [1.29, 1.82) is 0 Å². The van der Waals surface area contributed by atoms with E-state index in [1.807, 2.05) is 51.8 Å². The molecule has 0 bridgehead atoms. The molecule has 0 aliphatic rings. The van der Waals surface area contributed by atoms with E-state index in [0.717, 1.165) is 118 Å². The summed E-state index contributed by atoms with van der Waals surface area (Å²) >= 11 is 2.36. The third kappa shape index (κ3) is 14.6. The van der Waals surface area contributed by atoms with Crippen LogP contribution in [0.25, 0.3) is 66.9 Å². The summed E-state index contributed by atoms with van der Waals surface area (Å²) in [5, 5.41) is 12.1. The van der Waals surface area contributed by atoms with Gasteiger partial charge >= 0.3 is 0 Å². The minimum Gasteiger partial charge on any atom is -0.399 e. The summed E-state index contributed by atoms with van der Waals surface area (Å²) in [7, 11) is -4.62. The predicted molar refractivity (Wildman–Crippen MR) is 310 cm³/mol. The van der Waals surface area contributed by atoms with Crippen LogP contribution in [0.3, 0.4) is 0 Å². The Morgan fingerprint density at radius 1 is 0.457 bits per heavy atom. The molecule has 0 aliphatic carbocycles. The minimum atomic E-state index is -1.17. The quantitative estimate of drug-likeness (QED) is 0.0305. The number of nitrogens with zero attached hydrogens (tertiary/aromatic N) is 8. The van der Waals surface area contributed by atoms with Crippen molar-refractivity contribution in [3.8, 4) is 23.0 Å². The van der Waals surface area contributed by atoms with Gasteiger partial charge in [-0.25, -0.2) is 19.3 Å². The van der Waals surface area contributed by atoms with Gasteiger partial charge in [0.05, 0.1) is 33.1 Å². The second kappa shape index (κ2) is 22.8. The molecule has 70 heavy (non-hydrogen) atoms. The Bertz CT molecular complexity index is 2810. The van der Waals surface area contributed by atoms with E-state index in [-0.39, 0.29) is 0 Å². The lowest BCUT2D eigenvalue weighted by atomic mass is 10.2. The Hall–Kier alpha value is -4.00. The van der Waals surface area contributed by atoms with Crippen molar-refractivity contribution in [3.63, 3.8) is 0 Å². The third-order valence-corrected chi connectivity index (χ3v) is 19.6. The molecule has 13 nitrogen and oxygen atoms in total. The molecule has 0 saturated carbocycles. The van der Waals surface area contributed by atoms with Gasteiger partial charge in [-0.1, -0.05) is 103 Å². The van der Waals surface area contributed by atoms with Gasteiger partial charge in [0.1, 0.15) is 38.3 Å². The van der Waals surface area contributed by atoms with Gasteiger partial charge in [0.15, 0.2) is 11.6 Å². The monoisotopic (exact) mass is 1130 g/mol. The average Bonchev–Trinajstić information content (AvgIpc) is 4.03. The number of hydrogen-bond donors (Lipinski definition) is 1. The van der Waals surface area contributed by atoms with Gasteiger partial charge in [0.25, 0.3) is 0 Å². The number of aromatic nitrogens is 8. The van der Waals surface area contributed by atoms with Crippen LogP contribution in [0, 0.1) is 3.57 Å². The van der Waals surface area contributed by atoms with Crippen LogP contribution in [0.15, 0.2) is 84.9 Å². The summed E-state index contributed by atoms with van der Waals surface area (Å²) in [4.78, 5) is 9.98. The molecule has 0 radical (unpaired) electrons. The number of rotatable bonds is 22. The molecular weight excluding hydrogens is 1050 g/mol. The molecule has 18 heteroatoms. The van der Waals surface area contributed by atoms with Gasteiger partial charge < -0.3 is 24.7 Å². The maximum absolute atomic E-state index is 6.17. The highest BCUT2D eigenvalue weighted by Gasteiger charge is 2.23. The number of nitrogen functional groups attached to an aromatic ring is 1. The molecule has 8 rings (SSSR count). The number of fused-ring (bicyclic) bond motifs is 4. The van der Waals surface area contributed by atoms with Crippen LogP contribution in [-0.4, -0.2) is 97.4 Å². The maximum atomic E-state index is 6.17. The fraction of sp³-hybridized carbons (Fsp3) is 0.462. The van der Waals surface area contributed by atoms with E-state index >= 15 is 0 Å². The molecule has 0 atom stereocenters. The highest BCUT2D eigenvalue weighted by molar-refractivity contribution is 14.1. The van der Waals surface area contributed by atoms with Gasteiger partial charge in [-0.3, -0.25) is 9.13 Å². The Morgan fingerprint density at radius 2 is 0.829 bits per heavy atom. The number of imidazole rings is 2. The van der Waals surface area contributed by atoms with Crippen LogP contribution >= 0.6 is 22.6 Å². The van der Waals surface area contributed by atoms with E-state index in [9.17, 15) is 0 Å². The Balaban J connectivity index is 0.000000206. The number of ether oxygens (including phenoxy) is 4. The zero-order chi connectivity index (χ0) is 50.4. The first-order valence-electron chi connectivity index (χ1n) is 24.7. The molecular formula is C52H76IN9O4Si4. The highest BCUT2D eigenvalue weighted by atomic mass is 127. The molecule has 0 amide bonds. The third-order valence-electron chi connectivity index (χ3n) is 12.1. The van der Waals surface area contributed by atoms with Gasteiger partial charge in [0, 0.05) is 78.8 Å². The molecule has 8 aromatic rings. The topological polar surface area (TPSA) is 134 Å². The van der Waals surface area contributed by atoms with Gasteiger partial charge in [-0.05, 0) is 107 Å². The van der Waals surface area contributed by atoms with E-state index in [2.05, 4.69) is 153 Å². The zero-order valence-corrected chi connectivity index (χ0v) is 49.9. The molecule has 2 N–H and O–H groups in total. The predicted octanol–water partition coefficient (Wildman–Crippen LogP) is 13.5. The van der Waals surface area contributed by atoms with Crippen molar-refractivity contribution in [3.05, 3.63) is 88.5 Å². The largest absolute Gasteiger partial charge is 0.399 e. The normalized spacial score (nSPS) is 12.8. The Kier molecular flexibility index (Phi) is 17.5. The molecule has 0 aliphatic heterocycles. The van der Waals surface area contributed by atoms with Crippen LogP contribution in [0.1, 0.15) is 0 Å². The van der Waals surface area contributed by atoms with Gasteiger partial charge in [-0.15, -0.1) is 0 Å². The Labute approximate surface area is 432 Å². The number of halogens is 1. The number of anilines is 1. The molecule has 376 valence electrons. The zero-order valence-electron chi connectivity index (χ0n) is 43.7. The SMILES string of the molecule is C[Si](C)(C)CCOCn1nc(-c2nc3ccccc3n2COCC[Si](C)(C)C)c2ccc(I)cc21.C[Si](C)(C)CCOCn1nc(-c2nc3ccccc3n2COCC[Si](C)(C)C)c2ccc(N)cc21. The number of hydrogen-bond acceptors (Lipinski definition) is 9. The average molecular weight is 1130 g/mol. The molecule has 0 fully saturated rings. The van der Waals surface area contributed by atoms with Crippen LogP contribution in [0.4, 0.5) is 5.69 Å². The smallest absolute Gasteiger partial charge is 0.164 e. The molecule has 0 unspecified atom stereocenters. The fourth-order valence-electron chi connectivity index (χ4n) is 7.77. The number of nitrogens with two attached hydrogens (primary N) is 1. The van der Waals surface area contributed by atoms with Crippen LogP contribution in [-0.2, 0) is 45.9 Å². The molecule has 4 aromatic heterocycles. The number of para-hydroxylation sites is 4. The summed E-state index contributed by atoms with van der Waals surface area (Å²) in [6, 6.07) is 33.3. The van der Waals surface area contributed by atoms with Crippen molar-refractivity contribution in [2.75, 3.05) is 32.2 Å². The summed E-state index contributed by atoms with van der Waals surface area (Å²) in [6.45, 7) is 33.1. The minimum absolute atomic E-state index is 0.386. The van der Waals surface area contributed by atoms with Crippen LogP contribution in [0.5, 0.6) is 0 Å². The van der Waals surface area contributed by atoms with Crippen LogP contribution < -0.4 is 5.73 Å². The van der Waals surface area contributed by atoms with E-state index in [0.29, 0.717) is 32.6 Å². The first-order chi connectivity index (χ1) is 33.0. The van der Waals surface area contributed by atoms with Crippen molar-refractivity contribution in [1.82, 2.24) is 38.7 Å². The summed E-state index contributed by atoms with van der Waals surface area (Å²) in [5.41, 5.74) is 14.5.